The van der Waals surface area contributed by atoms with Gasteiger partial charge in [-0.1, -0.05) is 6.07 Å². The van der Waals surface area contributed by atoms with Crippen molar-refractivity contribution in [3.05, 3.63) is 41.6 Å². The van der Waals surface area contributed by atoms with Gasteiger partial charge in [-0.3, -0.25) is 9.59 Å². The van der Waals surface area contributed by atoms with Crippen molar-refractivity contribution in [1.29, 1.82) is 0 Å². The summed E-state index contributed by atoms with van der Waals surface area (Å²) in [7, 11) is -2.63. The normalized spacial score (nSPS) is 13.5. The molecule has 0 saturated carbocycles. The van der Waals surface area contributed by atoms with E-state index in [1.54, 1.807) is 25.3 Å². The summed E-state index contributed by atoms with van der Waals surface area (Å²) in [6, 6.07) is 6.32. The quantitative estimate of drug-likeness (QED) is 0.775. The zero-order chi connectivity index (χ0) is 20.5. The van der Waals surface area contributed by atoms with Crippen LogP contribution in [0.3, 0.4) is 0 Å². The summed E-state index contributed by atoms with van der Waals surface area (Å²) in [5.41, 5.74) is 1.79. The maximum Gasteiger partial charge on any atom is 0.262 e. The standard InChI is InChI=1S/C18H20N4O5S/c1-11-4-5-16(19-8-11)21-17(23)9-22(3)28(25,26)15-7-14-13(6-12(15)2)20-18(24)10-27-14/h4-8H,9-10H2,1-3H3,(H,20,24)(H,19,21,23). The van der Waals surface area contributed by atoms with Crippen LogP contribution in [0.4, 0.5) is 11.5 Å². The fourth-order valence-corrected chi connectivity index (χ4v) is 4.02. The van der Waals surface area contributed by atoms with Gasteiger partial charge in [0.25, 0.3) is 5.91 Å². The second-order valence-electron chi connectivity index (χ2n) is 6.48. The molecule has 2 aromatic rings. The predicted octanol–water partition coefficient (Wildman–Crippen LogP) is 1.29. The molecule has 0 fully saturated rings. The Morgan fingerprint density at radius 3 is 2.75 bits per heavy atom. The van der Waals surface area contributed by atoms with E-state index < -0.39 is 15.9 Å². The van der Waals surface area contributed by atoms with E-state index in [4.69, 9.17) is 4.74 Å². The van der Waals surface area contributed by atoms with Crippen molar-refractivity contribution in [1.82, 2.24) is 9.29 Å². The van der Waals surface area contributed by atoms with Crippen LogP contribution >= 0.6 is 0 Å². The number of aryl methyl sites for hydroxylation is 2. The molecule has 2 amide bonds. The summed E-state index contributed by atoms with van der Waals surface area (Å²) in [5, 5.41) is 5.19. The molecule has 1 aromatic heterocycles. The highest BCUT2D eigenvalue weighted by Crippen LogP contribution is 2.33. The summed E-state index contributed by atoms with van der Waals surface area (Å²) < 4.78 is 32.1. The van der Waals surface area contributed by atoms with Crippen molar-refractivity contribution in [2.75, 3.05) is 30.8 Å². The van der Waals surface area contributed by atoms with Crippen LogP contribution in [0.15, 0.2) is 35.4 Å². The zero-order valence-corrected chi connectivity index (χ0v) is 16.5. The van der Waals surface area contributed by atoms with Crippen LogP contribution in [-0.4, -0.2) is 49.7 Å². The summed E-state index contributed by atoms with van der Waals surface area (Å²) in [6.45, 7) is 2.91. The van der Waals surface area contributed by atoms with E-state index in [9.17, 15) is 18.0 Å². The number of fused-ring (bicyclic) bond motifs is 1. The van der Waals surface area contributed by atoms with Crippen LogP contribution in [-0.2, 0) is 19.6 Å². The zero-order valence-electron chi connectivity index (χ0n) is 15.6. The summed E-state index contributed by atoms with van der Waals surface area (Å²) >= 11 is 0. The molecule has 3 rings (SSSR count). The number of pyridine rings is 1. The molecule has 0 spiro atoms. The van der Waals surface area contributed by atoms with Crippen molar-refractivity contribution >= 4 is 33.3 Å². The lowest BCUT2D eigenvalue weighted by atomic mass is 10.2. The first-order chi connectivity index (χ1) is 13.2. The SMILES string of the molecule is Cc1ccc(NC(=O)CN(C)S(=O)(=O)c2cc3c(cc2C)NC(=O)CO3)nc1. The number of aromatic nitrogens is 1. The Hall–Kier alpha value is -2.98. The molecule has 28 heavy (non-hydrogen) atoms. The number of nitrogens with zero attached hydrogens (tertiary/aromatic N) is 2. The maximum absolute atomic E-state index is 12.9. The van der Waals surface area contributed by atoms with Crippen molar-refractivity contribution in [3.63, 3.8) is 0 Å². The van der Waals surface area contributed by atoms with Gasteiger partial charge in [-0.05, 0) is 37.1 Å². The Balaban J connectivity index is 1.77. The van der Waals surface area contributed by atoms with Crippen molar-refractivity contribution in [2.24, 2.45) is 0 Å². The summed E-state index contributed by atoms with van der Waals surface area (Å²) in [4.78, 5) is 27.7. The number of hydrogen-bond acceptors (Lipinski definition) is 6. The van der Waals surface area contributed by atoms with E-state index in [2.05, 4.69) is 15.6 Å². The van der Waals surface area contributed by atoms with E-state index in [1.165, 1.54) is 19.2 Å². The molecule has 0 aliphatic carbocycles. The number of benzene rings is 1. The lowest BCUT2D eigenvalue weighted by Crippen LogP contribution is -2.35. The molecule has 148 valence electrons. The third kappa shape index (κ3) is 4.12. The third-order valence-electron chi connectivity index (χ3n) is 4.14. The fourth-order valence-electron chi connectivity index (χ4n) is 2.67. The smallest absolute Gasteiger partial charge is 0.262 e. The summed E-state index contributed by atoms with van der Waals surface area (Å²) in [6.07, 6.45) is 1.60. The molecule has 0 saturated heterocycles. The van der Waals surface area contributed by atoms with Gasteiger partial charge in [0.15, 0.2) is 6.61 Å². The highest BCUT2D eigenvalue weighted by Gasteiger charge is 2.28. The largest absolute Gasteiger partial charge is 0.482 e. The van der Waals surface area contributed by atoms with Crippen molar-refractivity contribution in [2.45, 2.75) is 18.7 Å². The van der Waals surface area contributed by atoms with Crippen LogP contribution in [0.1, 0.15) is 11.1 Å². The number of carbonyl (C=O) groups excluding carboxylic acids is 2. The first kappa shape index (κ1) is 19.8. The molecule has 10 heteroatoms. The first-order valence-electron chi connectivity index (χ1n) is 8.43. The number of nitrogens with one attached hydrogen (secondary N) is 2. The van der Waals surface area contributed by atoms with E-state index >= 15 is 0 Å². The van der Waals surface area contributed by atoms with Gasteiger partial charge >= 0.3 is 0 Å². The lowest BCUT2D eigenvalue weighted by molar-refractivity contribution is -0.118. The summed E-state index contributed by atoms with van der Waals surface area (Å²) in [5.74, 6) is -0.205. The van der Waals surface area contributed by atoms with Gasteiger partial charge in [0.05, 0.1) is 17.1 Å². The molecule has 2 heterocycles. The second-order valence-corrected chi connectivity index (χ2v) is 8.49. The lowest BCUT2D eigenvalue weighted by Gasteiger charge is -2.22. The highest BCUT2D eigenvalue weighted by atomic mass is 32.2. The molecule has 1 aliphatic heterocycles. The molecular formula is C18H20N4O5S. The molecule has 1 aromatic carbocycles. The Labute approximate surface area is 162 Å². The molecule has 9 nitrogen and oxygen atoms in total. The molecule has 0 unspecified atom stereocenters. The number of hydrogen-bond donors (Lipinski definition) is 2. The van der Waals surface area contributed by atoms with Crippen LogP contribution in [0.5, 0.6) is 5.75 Å². The number of amides is 2. The number of likely N-dealkylation sites (N-methyl/N-ethyl adjacent to an activating group) is 1. The average molecular weight is 404 g/mol. The van der Waals surface area contributed by atoms with E-state index in [0.717, 1.165) is 9.87 Å². The first-order valence-corrected chi connectivity index (χ1v) is 9.87. The minimum atomic E-state index is -3.95. The topological polar surface area (TPSA) is 118 Å². The van der Waals surface area contributed by atoms with E-state index in [0.29, 0.717) is 17.1 Å². The molecule has 0 radical (unpaired) electrons. The monoisotopic (exact) mass is 404 g/mol. The number of sulfonamides is 1. The molecule has 1 aliphatic rings. The Bertz CT molecular complexity index is 1030. The fraction of sp³-hybridized carbons (Fsp3) is 0.278. The molecule has 2 N–H and O–H groups in total. The number of ether oxygens (including phenoxy) is 1. The van der Waals surface area contributed by atoms with Crippen LogP contribution < -0.4 is 15.4 Å². The number of anilines is 2. The van der Waals surface area contributed by atoms with Crippen LogP contribution in [0.2, 0.25) is 0 Å². The van der Waals surface area contributed by atoms with Crippen LogP contribution in [0.25, 0.3) is 0 Å². The van der Waals surface area contributed by atoms with Gasteiger partial charge in [-0.25, -0.2) is 13.4 Å². The number of rotatable bonds is 5. The predicted molar refractivity (Wildman–Crippen MR) is 103 cm³/mol. The Morgan fingerprint density at radius 2 is 2.07 bits per heavy atom. The van der Waals surface area contributed by atoms with E-state index in [-0.39, 0.29) is 29.7 Å². The third-order valence-corrected chi connectivity index (χ3v) is 6.09. The van der Waals surface area contributed by atoms with Crippen LogP contribution in [0, 0.1) is 13.8 Å². The van der Waals surface area contributed by atoms with Gasteiger partial charge in [0.2, 0.25) is 15.9 Å². The number of carbonyl (C=O) groups is 2. The maximum atomic E-state index is 12.9. The van der Waals surface area contributed by atoms with Gasteiger partial charge in [0, 0.05) is 19.3 Å². The van der Waals surface area contributed by atoms with Crippen molar-refractivity contribution < 1.29 is 22.7 Å². The van der Waals surface area contributed by atoms with Crippen molar-refractivity contribution in [3.8, 4) is 5.75 Å². The Morgan fingerprint density at radius 1 is 1.32 bits per heavy atom. The van der Waals surface area contributed by atoms with Gasteiger partial charge < -0.3 is 15.4 Å². The second kappa shape index (κ2) is 7.56. The molecule has 0 atom stereocenters. The molecule has 0 bridgehead atoms. The Kier molecular flexibility index (Phi) is 5.34. The van der Waals surface area contributed by atoms with Gasteiger partial charge in [-0.15, -0.1) is 0 Å². The van der Waals surface area contributed by atoms with Gasteiger partial charge in [-0.2, -0.15) is 4.31 Å². The molecular weight excluding hydrogens is 384 g/mol. The minimum absolute atomic E-state index is 0.00570. The average Bonchev–Trinajstić information content (AvgIpc) is 2.62. The minimum Gasteiger partial charge on any atom is -0.482 e. The van der Waals surface area contributed by atoms with E-state index in [1.807, 2.05) is 6.92 Å². The highest BCUT2D eigenvalue weighted by molar-refractivity contribution is 7.89. The van der Waals surface area contributed by atoms with Gasteiger partial charge in [0.1, 0.15) is 11.6 Å².